The van der Waals surface area contributed by atoms with Gasteiger partial charge in [-0.25, -0.2) is 0 Å². The summed E-state index contributed by atoms with van der Waals surface area (Å²) in [6.45, 7) is 6.18. The lowest BCUT2D eigenvalue weighted by Gasteiger charge is -2.35. The van der Waals surface area contributed by atoms with Crippen LogP contribution in [0.4, 0.5) is 5.69 Å². The first kappa shape index (κ1) is 16.0. The standard InChI is InChI=1S/C17H24N2OS/c1-11-5-4-6-16(12(11)2)19-17(21)18-15-9-7-14(8-10-15)13(3)20/h7-12,16H,4-6H2,1-3H3,(H2,18,19,21)/t11-,12+,16-/m0/s1. The highest BCUT2D eigenvalue weighted by Gasteiger charge is 2.27. The van der Waals surface area contributed by atoms with E-state index >= 15 is 0 Å². The van der Waals surface area contributed by atoms with Gasteiger partial charge >= 0.3 is 0 Å². The Morgan fingerprint density at radius 2 is 1.86 bits per heavy atom. The number of anilines is 1. The molecule has 0 saturated heterocycles. The lowest BCUT2D eigenvalue weighted by molar-refractivity contribution is 0.101. The summed E-state index contributed by atoms with van der Waals surface area (Å²) in [5.74, 6) is 1.46. The second-order valence-corrected chi connectivity index (χ2v) is 6.51. The summed E-state index contributed by atoms with van der Waals surface area (Å²) < 4.78 is 0. The zero-order valence-corrected chi connectivity index (χ0v) is 13.8. The van der Waals surface area contributed by atoms with Crippen molar-refractivity contribution in [2.45, 2.75) is 46.1 Å². The van der Waals surface area contributed by atoms with Gasteiger partial charge in [0.2, 0.25) is 0 Å². The van der Waals surface area contributed by atoms with Crippen molar-refractivity contribution in [1.82, 2.24) is 5.32 Å². The van der Waals surface area contributed by atoms with Crippen LogP contribution in [0.1, 0.15) is 50.4 Å². The number of Topliss-reactive ketones (excluding diaryl/α,β-unsaturated/α-hetero) is 1. The van der Waals surface area contributed by atoms with Crippen molar-refractivity contribution in [3.8, 4) is 0 Å². The number of carbonyl (C=O) groups excluding carboxylic acids is 1. The molecule has 3 atom stereocenters. The minimum absolute atomic E-state index is 0.0762. The van der Waals surface area contributed by atoms with Crippen molar-refractivity contribution >= 4 is 28.8 Å². The zero-order chi connectivity index (χ0) is 15.4. The molecule has 114 valence electrons. The summed E-state index contributed by atoms with van der Waals surface area (Å²) in [6.07, 6.45) is 3.75. The Balaban J connectivity index is 1.90. The average Bonchev–Trinajstić information content (AvgIpc) is 2.44. The molecule has 1 fully saturated rings. The summed E-state index contributed by atoms with van der Waals surface area (Å²) >= 11 is 5.40. The maximum absolute atomic E-state index is 11.2. The minimum Gasteiger partial charge on any atom is -0.359 e. The predicted molar refractivity (Wildman–Crippen MR) is 91.8 cm³/mol. The number of hydrogen-bond donors (Lipinski definition) is 2. The number of rotatable bonds is 3. The molecule has 0 aromatic heterocycles. The van der Waals surface area contributed by atoms with Crippen LogP contribution in [0.2, 0.25) is 0 Å². The molecule has 0 unspecified atom stereocenters. The Labute approximate surface area is 132 Å². The Hall–Kier alpha value is -1.42. The first-order chi connectivity index (χ1) is 9.97. The lowest BCUT2D eigenvalue weighted by atomic mass is 9.78. The van der Waals surface area contributed by atoms with Crippen molar-refractivity contribution in [3.63, 3.8) is 0 Å². The van der Waals surface area contributed by atoms with Crippen LogP contribution in [0.15, 0.2) is 24.3 Å². The normalized spacial score (nSPS) is 25.2. The second kappa shape index (κ2) is 7.03. The van der Waals surface area contributed by atoms with Crippen LogP contribution in [0, 0.1) is 11.8 Å². The molecule has 0 bridgehead atoms. The molecule has 1 aliphatic carbocycles. The molecule has 0 heterocycles. The van der Waals surface area contributed by atoms with Gasteiger partial charge in [0.1, 0.15) is 0 Å². The Kier molecular flexibility index (Phi) is 5.34. The Morgan fingerprint density at radius 3 is 2.48 bits per heavy atom. The monoisotopic (exact) mass is 304 g/mol. The third-order valence-corrected chi connectivity index (χ3v) is 4.79. The molecule has 1 aromatic rings. The van der Waals surface area contributed by atoms with Crippen LogP contribution >= 0.6 is 12.2 Å². The van der Waals surface area contributed by atoms with E-state index in [0.717, 1.165) is 11.6 Å². The average molecular weight is 304 g/mol. The van der Waals surface area contributed by atoms with E-state index in [4.69, 9.17) is 12.2 Å². The lowest BCUT2D eigenvalue weighted by Crippen LogP contribution is -2.45. The number of benzene rings is 1. The molecule has 0 spiro atoms. The molecular formula is C17H24N2OS. The van der Waals surface area contributed by atoms with Crippen molar-refractivity contribution in [1.29, 1.82) is 0 Å². The zero-order valence-electron chi connectivity index (χ0n) is 13.0. The summed E-state index contributed by atoms with van der Waals surface area (Å²) in [5.41, 5.74) is 1.63. The van der Waals surface area contributed by atoms with E-state index in [-0.39, 0.29) is 5.78 Å². The van der Waals surface area contributed by atoms with Crippen LogP contribution in [0.25, 0.3) is 0 Å². The first-order valence-electron chi connectivity index (χ1n) is 7.66. The third kappa shape index (κ3) is 4.27. The van der Waals surface area contributed by atoms with Gasteiger partial charge in [-0.2, -0.15) is 0 Å². The number of carbonyl (C=O) groups is 1. The van der Waals surface area contributed by atoms with E-state index in [9.17, 15) is 4.79 Å². The fourth-order valence-corrected chi connectivity index (χ4v) is 3.18. The van der Waals surface area contributed by atoms with Crippen LogP contribution in [-0.2, 0) is 0 Å². The molecule has 2 rings (SSSR count). The van der Waals surface area contributed by atoms with Crippen LogP contribution in [0.3, 0.4) is 0 Å². The SMILES string of the molecule is CC(=O)c1ccc(NC(=S)N[C@H]2CCC[C@H](C)[C@H]2C)cc1. The van der Waals surface area contributed by atoms with Gasteiger partial charge in [-0.3, -0.25) is 4.79 Å². The van der Waals surface area contributed by atoms with Crippen molar-refractivity contribution in [2.75, 3.05) is 5.32 Å². The number of ketones is 1. The molecule has 3 nitrogen and oxygen atoms in total. The third-order valence-electron chi connectivity index (χ3n) is 4.57. The van der Waals surface area contributed by atoms with Crippen LogP contribution in [0.5, 0.6) is 0 Å². The van der Waals surface area contributed by atoms with E-state index in [1.54, 1.807) is 6.92 Å². The van der Waals surface area contributed by atoms with Gasteiger partial charge in [0.05, 0.1) is 0 Å². The van der Waals surface area contributed by atoms with E-state index in [0.29, 0.717) is 22.6 Å². The van der Waals surface area contributed by atoms with Gasteiger partial charge in [0, 0.05) is 17.3 Å². The van der Waals surface area contributed by atoms with Gasteiger partial charge in [0.15, 0.2) is 10.9 Å². The number of nitrogens with one attached hydrogen (secondary N) is 2. The highest BCUT2D eigenvalue weighted by atomic mass is 32.1. The van der Waals surface area contributed by atoms with Crippen molar-refractivity contribution < 1.29 is 4.79 Å². The molecule has 1 aromatic carbocycles. The maximum Gasteiger partial charge on any atom is 0.171 e. The smallest absolute Gasteiger partial charge is 0.171 e. The molecule has 1 aliphatic rings. The van der Waals surface area contributed by atoms with E-state index in [1.165, 1.54) is 19.3 Å². The summed E-state index contributed by atoms with van der Waals surface area (Å²) in [4.78, 5) is 11.2. The summed E-state index contributed by atoms with van der Waals surface area (Å²) in [6, 6.07) is 7.86. The van der Waals surface area contributed by atoms with Gasteiger partial charge in [-0.15, -0.1) is 0 Å². The Bertz CT molecular complexity index is 512. The van der Waals surface area contributed by atoms with Crippen molar-refractivity contribution in [3.05, 3.63) is 29.8 Å². The maximum atomic E-state index is 11.2. The summed E-state index contributed by atoms with van der Waals surface area (Å²) in [7, 11) is 0. The molecule has 2 N–H and O–H groups in total. The molecular weight excluding hydrogens is 280 g/mol. The largest absolute Gasteiger partial charge is 0.359 e. The molecule has 1 saturated carbocycles. The first-order valence-corrected chi connectivity index (χ1v) is 8.06. The molecule has 21 heavy (non-hydrogen) atoms. The number of thiocarbonyl (C=S) groups is 1. The molecule has 4 heteroatoms. The van der Waals surface area contributed by atoms with Crippen LogP contribution < -0.4 is 10.6 Å². The predicted octanol–water partition coefficient (Wildman–Crippen LogP) is 4.00. The second-order valence-electron chi connectivity index (χ2n) is 6.11. The van der Waals surface area contributed by atoms with E-state index in [1.807, 2.05) is 24.3 Å². The van der Waals surface area contributed by atoms with Gasteiger partial charge in [-0.1, -0.05) is 26.7 Å². The quantitative estimate of drug-likeness (QED) is 0.654. The highest BCUT2D eigenvalue weighted by Crippen LogP contribution is 2.29. The van der Waals surface area contributed by atoms with E-state index < -0.39 is 0 Å². The molecule has 0 radical (unpaired) electrons. The molecule has 0 aliphatic heterocycles. The van der Waals surface area contributed by atoms with Crippen LogP contribution in [-0.4, -0.2) is 16.9 Å². The van der Waals surface area contributed by atoms with Crippen molar-refractivity contribution in [2.24, 2.45) is 11.8 Å². The summed E-state index contributed by atoms with van der Waals surface area (Å²) in [5, 5.41) is 7.30. The van der Waals surface area contributed by atoms with Gasteiger partial charge in [0.25, 0.3) is 0 Å². The van der Waals surface area contributed by atoms with E-state index in [2.05, 4.69) is 24.5 Å². The molecule has 0 amide bonds. The number of hydrogen-bond acceptors (Lipinski definition) is 2. The topological polar surface area (TPSA) is 41.1 Å². The minimum atomic E-state index is 0.0762. The fraction of sp³-hybridized carbons (Fsp3) is 0.529. The fourth-order valence-electron chi connectivity index (χ4n) is 2.91. The Morgan fingerprint density at radius 1 is 1.19 bits per heavy atom. The van der Waals surface area contributed by atoms with Gasteiger partial charge < -0.3 is 10.6 Å². The highest BCUT2D eigenvalue weighted by molar-refractivity contribution is 7.80. The van der Waals surface area contributed by atoms with Gasteiger partial charge in [-0.05, 0) is 61.7 Å².